The molecule has 1 fully saturated rings. The lowest BCUT2D eigenvalue weighted by atomic mass is 10.1. The number of nitrogens with one attached hydrogen (secondary N) is 2. The van der Waals surface area contributed by atoms with Gasteiger partial charge in [0.25, 0.3) is 0 Å². The van der Waals surface area contributed by atoms with E-state index >= 15 is 0 Å². The molecule has 1 saturated heterocycles. The Morgan fingerprint density at radius 1 is 1.39 bits per heavy atom. The largest absolute Gasteiger partial charge is 0.369 e. The average Bonchev–Trinajstić information content (AvgIpc) is 2.78. The maximum absolute atomic E-state index is 4.29. The SMILES string of the molecule is CCNc1ncnc(NCC2(C)CCCS2)c1Br. The number of nitrogens with zero attached hydrogens (tertiary/aromatic N) is 2. The quantitative estimate of drug-likeness (QED) is 0.866. The van der Waals surface area contributed by atoms with E-state index in [9.17, 15) is 0 Å². The third kappa shape index (κ3) is 3.29. The minimum absolute atomic E-state index is 0.336. The van der Waals surface area contributed by atoms with Gasteiger partial charge in [-0.1, -0.05) is 0 Å². The lowest BCUT2D eigenvalue weighted by Gasteiger charge is -2.23. The van der Waals surface area contributed by atoms with Crippen LogP contribution in [0.5, 0.6) is 0 Å². The first kappa shape index (κ1) is 13.9. The van der Waals surface area contributed by atoms with Gasteiger partial charge in [0.15, 0.2) is 0 Å². The molecule has 0 aliphatic carbocycles. The summed E-state index contributed by atoms with van der Waals surface area (Å²) in [6, 6.07) is 0. The average molecular weight is 331 g/mol. The minimum Gasteiger partial charge on any atom is -0.369 e. The summed E-state index contributed by atoms with van der Waals surface area (Å²) in [5.74, 6) is 2.99. The van der Waals surface area contributed by atoms with E-state index in [-0.39, 0.29) is 0 Å². The first-order valence-electron chi connectivity index (χ1n) is 6.27. The highest BCUT2D eigenvalue weighted by Crippen LogP contribution is 2.38. The normalized spacial score (nSPS) is 23.1. The first-order valence-corrected chi connectivity index (χ1v) is 8.05. The summed E-state index contributed by atoms with van der Waals surface area (Å²) in [4.78, 5) is 8.51. The van der Waals surface area contributed by atoms with Gasteiger partial charge in [-0.2, -0.15) is 11.8 Å². The van der Waals surface area contributed by atoms with Gasteiger partial charge in [-0.25, -0.2) is 9.97 Å². The molecule has 0 spiro atoms. The molecular formula is C12H19BrN4S. The van der Waals surface area contributed by atoms with E-state index < -0.39 is 0 Å². The molecule has 1 aromatic rings. The van der Waals surface area contributed by atoms with Crippen LogP contribution in [0.4, 0.5) is 11.6 Å². The fraction of sp³-hybridized carbons (Fsp3) is 0.667. The molecule has 1 unspecified atom stereocenters. The number of thioether (sulfide) groups is 1. The molecule has 18 heavy (non-hydrogen) atoms. The van der Waals surface area contributed by atoms with Crippen LogP contribution in [0.3, 0.4) is 0 Å². The molecule has 0 aromatic carbocycles. The van der Waals surface area contributed by atoms with E-state index in [1.54, 1.807) is 6.33 Å². The van der Waals surface area contributed by atoms with Gasteiger partial charge >= 0.3 is 0 Å². The van der Waals surface area contributed by atoms with Crippen molar-refractivity contribution in [2.24, 2.45) is 0 Å². The van der Waals surface area contributed by atoms with Crippen LogP contribution in [0.15, 0.2) is 10.8 Å². The zero-order valence-corrected chi connectivity index (χ0v) is 13.2. The number of aromatic nitrogens is 2. The molecule has 100 valence electrons. The van der Waals surface area contributed by atoms with Crippen molar-refractivity contribution in [1.82, 2.24) is 9.97 Å². The molecule has 2 rings (SSSR count). The second-order valence-corrected chi connectivity index (χ2v) is 7.15. The summed E-state index contributed by atoms with van der Waals surface area (Å²) in [6.45, 7) is 6.16. The van der Waals surface area contributed by atoms with Crippen molar-refractivity contribution in [3.63, 3.8) is 0 Å². The standard InChI is InChI=1S/C12H19BrN4S/c1-3-14-10-9(13)11(17-8-16-10)15-7-12(2)5-4-6-18-12/h8H,3-7H2,1-2H3,(H2,14,15,16,17). The van der Waals surface area contributed by atoms with Gasteiger partial charge in [0.05, 0.1) is 0 Å². The molecule has 6 heteroatoms. The lowest BCUT2D eigenvalue weighted by Crippen LogP contribution is -2.27. The Bertz CT molecular complexity index is 407. The van der Waals surface area contributed by atoms with E-state index in [2.05, 4.69) is 50.4 Å². The molecule has 1 atom stereocenters. The summed E-state index contributed by atoms with van der Waals surface area (Å²) in [5.41, 5.74) is 0. The molecule has 0 bridgehead atoms. The summed E-state index contributed by atoms with van der Waals surface area (Å²) in [6.07, 6.45) is 4.18. The van der Waals surface area contributed by atoms with Crippen LogP contribution in [0, 0.1) is 0 Å². The molecular weight excluding hydrogens is 312 g/mol. The van der Waals surface area contributed by atoms with Crippen molar-refractivity contribution < 1.29 is 0 Å². The highest BCUT2D eigenvalue weighted by Gasteiger charge is 2.29. The molecule has 2 N–H and O–H groups in total. The molecule has 1 aromatic heterocycles. The molecule has 0 amide bonds. The van der Waals surface area contributed by atoms with Crippen LogP contribution < -0.4 is 10.6 Å². The number of hydrogen-bond donors (Lipinski definition) is 2. The van der Waals surface area contributed by atoms with Crippen LogP contribution in [-0.4, -0.2) is 33.6 Å². The van der Waals surface area contributed by atoms with Crippen molar-refractivity contribution in [2.75, 3.05) is 29.5 Å². The van der Waals surface area contributed by atoms with E-state index in [1.165, 1.54) is 18.6 Å². The summed E-state index contributed by atoms with van der Waals surface area (Å²) in [7, 11) is 0. The van der Waals surface area contributed by atoms with E-state index in [4.69, 9.17) is 0 Å². The van der Waals surface area contributed by atoms with E-state index in [0.29, 0.717) is 4.75 Å². The Kier molecular flexibility index (Phi) is 4.72. The Labute approximate surface area is 121 Å². The Morgan fingerprint density at radius 2 is 2.11 bits per heavy atom. The second-order valence-electron chi connectivity index (χ2n) is 4.67. The third-order valence-electron chi connectivity index (χ3n) is 3.06. The Morgan fingerprint density at radius 3 is 2.72 bits per heavy atom. The second kappa shape index (κ2) is 6.10. The minimum atomic E-state index is 0.336. The van der Waals surface area contributed by atoms with E-state index in [1.807, 2.05) is 11.8 Å². The van der Waals surface area contributed by atoms with Crippen molar-refractivity contribution in [2.45, 2.75) is 31.4 Å². The highest BCUT2D eigenvalue weighted by atomic mass is 79.9. The monoisotopic (exact) mass is 330 g/mol. The number of halogens is 1. The van der Waals surface area contributed by atoms with Gasteiger partial charge in [0, 0.05) is 17.8 Å². The maximum atomic E-state index is 4.29. The molecule has 1 aliphatic heterocycles. The van der Waals surface area contributed by atoms with Gasteiger partial charge in [0.2, 0.25) is 0 Å². The van der Waals surface area contributed by atoms with Crippen molar-refractivity contribution >= 4 is 39.3 Å². The highest BCUT2D eigenvalue weighted by molar-refractivity contribution is 9.10. The van der Waals surface area contributed by atoms with Crippen LogP contribution >= 0.6 is 27.7 Å². The fourth-order valence-corrected chi connectivity index (χ4v) is 3.76. The van der Waals surface area contributed by atoms with Gasteiger partial charge in [0.1, 0.15) is 22.4 Å². The third-order valence-corrected chi connectivity index (χ3v) is 5.35. The summed E-state index contributed by atoms with van der Waals surface area (Å²) >= 11 is 5.60. The zero-order chi connectivity index (χ0) is 13.0. The number of rotatable bonds is 5. The van der Waals surface area contributed by atoms with Gasteiger partial charge in [-0.3, -0.25) is 0 Å². The molecule has 4 nitrogen and oxygen atoms in total. The van der Waals surface area contributed by atoms with Crippen LogP contribution in [0.25, 0.3) is 0 Å². The van der Waals surface area contributed by atoms with Gasteiger partial charge < -0.3 is 10.6 Å². The fourth-order valence-electron chi connectivity index (χ4n) is 2.03. The van der Waals surface area contributed by atoms with Crippen LogP contribution in [-0.2, 0) is 0 Å². The van der Waals surface area contributed by atoms with Crippen molar-refractivity contribution in [3.8, 4) is 0 Å². The van der Waals surface area contributed by atoms with E-state index in [0.717, 1.165) is 29.2 Å². The topological polar surface area (TPSA) is 49.8 Å². The number of hydrogen-bond acceptors (Lipinski definition) is 5. The summed E-state index contributed by atoms with van der Waals surface area (Å²) in [5, 5.41) is 6.65. The van der Waals surface area contributed by atoms with Gasteiger partial charge in [-0.15, -0.1) is 0 Å². The van der Waals surface area contributed by atoms with Crippen LogP contribution in [0.1, 0.15) is 26.7 Å². The summed E-state index contributed by atoms with van der Waals surface area (Å²) < 4.78 is 1.25. The van der Waals surface area contributed by atoms with Crippen molar-refractivity contribution in [3.05, 3.63) is 10.8 Å². The van der Waals surface area contributed by atoms with Crippen molar-refractivity contribution in [1.29, 1.82) is 0 Å². The predicted molar refractivity (Wildman–Crippen MR) is 82.5 cm³/mol. The Balaban J connectivity index is 2.02. The molecule has 2 heterocycles. The molecule has 0 saturated carbocycles. The smallest absolute Gasteiger partial charge is 0.145 e. The Hall–Kier alpha value is -0.490. The lowest BCUT2D eigenvalue weighted by molar-refractivity contribution is 0.633. The van der Waals surface area contributed by atoms with Crippen LogP contribution in [0.2, 0.25) is 0 Å². The molecule has 1 aliphatic rings. The maximum Gasteiger partial charge on any atom is 0.145 e. The zero-order valence-electron chi connectivity index (χ0n) is 10.8. The number of anilines is 2. The predicted octanol–water partition coefficient (Wildman–Crippen LogP) is 3.37. The molecule has 0 radical (unpaired) electrons. The first-order chi connectivity index (χ1) is 8.64. The van der Waals surface area contributed by atoms with Gasteiger partial charge in [-0.05, 0) is 48.4 Å².